The molecule has 7 nitrogen and oxygen atoms in total. The van der Waals surface area contributed by atoms with Crippen LogP contribution in [0.15, 0.2) is 41.4 Å². The number of fused-ring (bicyclic) bond motifs is 3. The van der Waals surface area contributed by atoms with Gasteiger partial charge in [0.25, 0.3) is 0 Å². The van der Waals surface area contributed by atoms with Gasteiger partial charge in [-0.1, -0.05) is 23.7 Å². The van der Waals surface area contributed by atoms with Gasteiger partial charge in [0, 0.05) is 5.56 Å². The zero-order chi connectivity index (χ0) is 17.6. The van der Waals surface area contributed by atoms with Gasteiger partial charge < -0.3 is 15.2 Å². The van der Waals surface area contributed by atoms with Crippen molar-refractivity contribution in [2.45, 2.75) is 6.17 Å². The normalized spacial score (nSPS) is 16.1. The summed E-state index contributed by atoms with van der Waals surface area (Å²) in [5, 5.41) is 3.45. The van der Waals surface area contributed by atoms with E-state index in [9.17, 15) is 0 Å². The van der Waals surface area contributed by atoms with Crippen LogP contribution < -0.4 is 20.5 Å². The summed E-state index contributed by atoms with van der Waals surface area (Å²) in [6, 6.07) is 11.5. The van der Waals surface area contributed by atoms with Gasteiger partial charge in [0.2, 0.25) is 5.95 Å². The van der Waals surface area contributed by atoms with Crippen molar-refractivity contribution in [2.24, 2.45) is 10.7 Å². The van der Waals surface area contributed by atoms with Crippen molar-refractivity contribution in [3.63, 3.8) is 0 Å². The van der Waals surface area contributed by atoms with Crippen molar-refractivity contribution in [1.29, 1.82) is 0 Å². The number of hydrogen-bond donors (Lipinski definition) is 2. The Balaban J connectivity index is 1.94. The van der Waals surface area contributed by atoms with E-state index in [0.717, 1.165) is 16.6 Å². The first-order chi connectivity index (χ1) is 12.1. The second kappa shape index (κ2) is 5.86. The van der Waals surface area contributed by atoms with Crippen LogP contribution in [0, 0.1) is 0 Å². The Morgan fingerprint density at radius 1 is 1.20 bits per heavy atom. The number of halogens is 1. The number of nitrogens with one attached hydrogen (secondary N) is 1. The van der Waals surface area contributed by atoms with Gasteiger partial charge in [-0.25, -0.2) is 9.98 Å². The maximum atomic E-state index is 6.36. The van der Waals surface area contributed by atoms with Crippen LogP contribution >= 0.6 is 11.6 Å². The second-order valence-electron chi connectivity index (χ2n) is 5.55. The molecule has 0 amide bonds. The summed E-state index contributed by atoms with van der Waals surface area (Å²) in [5.74, 6) is 1.93. The van der Waals surface area contributed by atoms with Crippen LogP contribution in [-0.4, -0.2) is 29.7 Å². The lowest BCUT2D eigenvalue weighted by molar-refractivity contribution is 0.354. The first kappa shape index (κ1) is 15.6. The summed E-state index contributed by atoms with van der Waals surface area (Å²) in [4.78, 5) is 9.12. The molecule has 1 atom stereocenters. The molecule has 0 radical (unpaired) electrons. The third-order valence-electron chi connectivity index (χ3n) is 4.10. The van der Waals surface area contributed by atoms with Crippen LogP contribution in [-0.2, 0) is 0 Å². The molecule has 3 N–H and O–H groups in total. The van der Waals surface area contributed by atoms with Crippen molar-refractivity contribution in [2.75, 3.05) is 19.5 Å². The van der Waals surface area contributed by atoms with Crippen molar-refractivity contribution in [3.05, 3.63) is 47.0 Å². The summed E-state index contributed by atoms with van der Waals surface area (Å²) >= 11 is 6.36. The first-order valence-corrected chi connectivity index (χ1v) is 7.99. The van der Waals surface area contributed by atoms with E-state index in [1.165, 1.54) is 0 Å². The summed E-state index contributed by atoms with van der Waals surface area (Å²) in [7, 11) is 3.11. The van der Waals surface area contributed by atoms with Crippen molar-refractivity contribution >= 4 is 34.5 Å². The summed E-state index contributed by atoms with van der Waals surface area (Å²) in [6.45, 7) is 0. The van der Waals surface area contributed by atoms with Crippen molar-refractivity contribution < 1.29 is 9.47 Å². The quantitative estimate of drug-likeness (QED) is 0.752. The molecule has 2 aromatic carbocycles. The number of anilines is 1. The number of nitrogens with zero attached hydrogens (tertiary/aromatic N) is 3. The van der Waals surface area contributed by atoms with Crippen LogP contribution in [0.1, 0.15) is 11.7 Å². The second-order valence-corrected chi connectivity index (χ2v) is 5.95. The van der Waals surface area contributed by atoms with Crippen LogP contribution in [0.5, 0.6) is 11.5 Å². The van der Waals surface area contributed by atoms with Gasteiger partial charge in [-0.15, -0.1) is 0 Å². The minimum Gasteiger partial charge on any atom is -0.493 e. The van der Waals surface area contributed by atoms with E-state index < -0.39 is 6.17 Å². The van der Waals surface area contributed by atoms with Crippen molar-refractivity contribution in [1.82, 2.24) is 9.55 Å². The molecule has 1 aromatic heterocycles. The van der Waals surface area contributed by atoms with E-state index in [-0.39, 0.29) is 0 Å². The third-order valence-corrected chi connectivity index (χ3v) is 4.38. The molecule has 0 saturated carbocycles. The van der Waals surface area contributed by atoms with Gasteiger partial charge in [-0.05, 0) is 24.3 Å². The predicted molar refractivity (Wildman–Crippen MR) is 97.7 cm³/mol. The Kier molecular flexibility index (Phi) is 3.65. The van der Waals surface area contributed by atoms with Gasteiger partial charge in [-0.2, -0.15) is 0 Å². The van der Waals surface area contributed by atoms with E-state index in [1.54, 1.807) is 20.3 Å². The topological polar surface area (TPSA) is 86.7 Å². The number of para-hydroxylation sites is 2. The smallest absolute Gasteiger partial charge is 0.212 e. The van der Waals surface area contributed by atoms with Gasteiger partial charge in [-0.3, -0.25) is 9.88 Å². The molecule has 0 aliphatic carbocycles. The minimum absolute atomic E-state index is 0.290. The highest BCUT2D eigenvalue weighted by molar-refractivity contribution is 6.32. The minimum atomic E-state index is -0.416. The Bertz CT molecular complexity index is 998. The molecule has 0 saturated heterocycles. The molecule has 0 spiro atoms. The van der Waals surface area contributed by atoms with Gasteiger partial charge in [0.15, 0.2) is 23.6 Å². The van der Waals surface area contributed by atoms with Gasteiger partial charge >= 0.3 is 0 Å². The predicted octanol–water partition coefficient (Wildman–Crippen LogP) is 2.99. The van der Waals surface area contributed by atoms with E-state index in [0.29, 0.717) is 28.4 Å². The van der Waals surface area contributed by atoms with E-state index in [2.05, 4.69) is 15.3 Å². The highest BCUT2D eigenvalue weighted by Crippen LogP contribution is 2.40. The van der Waals surface area contributed by atoms with E-state index >= 15 is 0 Å². The fourth-order valence-electron chi connectivity index (χ4n) is 3.03. The van der Waals surface area contributed by atoms with Gasteiger partial charge in [0.05, 0.1) is 30.3 Å². The van der Waals surface area contributed by atoms with Crippen LogP contribution in [0.3, 0.4) is 0 Å². The van der Waals surface area contributed by atoms with Gasteiger partial charge in [0.1, 0.15) is 0 Å². The number of ether oxygens (including phenoxy) is 2. The molecule has 2 heterocycles. The first-order valence-electron chi connectivity index (χ1n) is 7.61. The number of imidazole rings is 1. The third kappa shape index (κ3) is 2.44. The molecule has 1 aliphatic rings. The maximum Gasteiger partial charge on any atom is 0.212 e. The average Bonchev–Trinajstić information content (AvgIpc) is 2.98. The lowest BCUT2D eigenvalue weighted by Crippen LogP contribution is -2.31. The fourth-order valence-corrected chi connectivity index (χ4v) is 3.32. The number of rotatable bonds is 3. The Morgan fingerprint density at radius 3 is 2.76 bits per heavy atom. The number of hydrogen-bond acceptors (Lipinski definition) is 6. The highest BCUT2D eigenvalue weighted by atomic mass is 35.5. The SMILES string of the molecule is COc1cc(C2N=C(N)Nc3nc4ccccc4n32)cc(Cl)c1OC. The molecule has 3 aromatic rings. The fraction of sp³-hybridized carbons (Fsp3) is 0.176. The number of guanidine groups is 1. The van der Waals surface area contributed by atoms with E-state index in [4.69, 9.17) is 26.8 Å². The summed E-state index contributed by atoms with van der Waals surface area (Å²) in [6.07, 6.45) is -0.416. The molecular formula is C17H16ClN5O2. The zero-order valence-corrected chi connectivity index (χ0v) is 14.4. The Hall–Kier alpha value is -2.93. The largest absolute Gasteiger partial charge is 0.493 e. The molecule has 128 valence electrons. The van der Waals surface area contributed by atoms with Crippen LogP contribution in [0.25, 0.3) is 11.0 Å². The lowest BCUT2D eigenvalue weighted by Gasteiger charge is -2.24. The summed E-state index contributed by atoms with van der Waals surface area (Å²) in [5.41, 5.74) is 8.57. The van der Waals surface area contributed by atoms with Crippen LogP contribution in [0.2, 0.25) is 5.02 Å². The molecular weight excluding hydrogens is 342 g/mol. The zero-order valence-electron chi connectivity index (χ0n) is 13.7. The molecule has 0 fully saturated rings. The Labute approximate surface area is 149 Å². The molecule has 25 heavy (non-hydrogen) atoms. The molecule has 1 unspecified atom stereocenters. The lowest BCUT2D eigenvalue weighted by atomic mass is 10.1. The number of aliphatic imine (C=N–C) groups is 1. The molecule has 0 bridgehead atoms. The number of methoxy groups -OCH3 is 2. The number of benzene rings is 2. The molecule has 1 aliphatic heterocycles. The summed E-state index contributed by atoms with van der Waals surface area (Å²) < 4.78 is 12.7. The van der Waals surface area contributed by atoms with Crippen LogP contribution in [0.4, 0.5) is 5.95 Å². The average molecular weight is 358 g/mol. The monoisotopic (exact) mass is 357 g/mol. The maximum absolute atomic E-state index is 6.36. The standard InChI is InChI=1S/C17H16ClN5O2/c1-24-13-8-9(7-10(18)14(13)25-2)15-21-16(19)22-17-20-11-5-3-4-6-12(11)23(15)17/h3-8,15H,1-2H3,(H3,19,20,21,22). The highest BCUT2D eigenvalue weighted by Gasteiger charge is 2.26. The molecule has 4 rings (SSSR count). The number of aromatic nitrogens is 2. The molecule has 8 heteroatoms. The number of nitrogens with two attached hydrogens (primary N) is 1. The Morgan fingerprint density at radius 2 is 2.00 bits per heavy atom. The van der Waals surface area contributed by atoms with E-state index in [1.807, 2.05) is 34.9 Å². The van der Waals surface area contributed by atoms with Crippen molar-refractivity contribution in [3.8, 4) is 11.5 Å².